The van der Waals surface area contributed by atoms with Crippen LogP contribution in [0.25, 0.3) is 0 Å². The van der Waals surface area contributed by atoms with Crippen LogP contribution in [-0.2, 0) is 17.5 Å². The maximum atomic E-state index is 12.7. The first-order valence-electron chi connectivity index (χ1n) is 7.19. The molecule has 4 nitrogen and oxygen atoms in total. The number of carbonyl (C=O) groups excluding carboxylic acids is 1. The van der Waals surface area contributed by atoms with Crippen molar-refractivity contribution >= 4 is 29.0 Å². The van der Waals surface area contributed by atoms with Gasteiger partial charge in [-0.05, 0) is 54.2 Å². The van der Waals surface area contributed by atoms with Crippen LogP contribution in [0.15, 0.2) is 48.5 Å². The van der Waals surface area contributed by atoms with Crippen LogP contribution in [0.2, 0.25) is 0 Å². The predicted molar refractivity (Wildman–Crippen MR) is 92.3 cm³/mol. The molecule has 0 heterocycles. The van der Waals surface area contributed by atoms with Crippen molar-refractivity contribution in [3.63, 3.8) is 0 Å². The van der Waals surface area contributed by atoms with Crippen molar-refractivity contribution < 1.29 is 22.7 Å². The summed E-state index contributed by atoms with van der Waals surface area (Å²) in [7, 11) is 1.29. The highest BCUT2D eigenvalue weighted by Gasteiger charge is 2.30. The molecule has 25 heavy (non-hydrogen) atoms. The number of thiocarbonyl (C=S) groups is 1. The van der Waals surface area contributed by atoms with Crippen LogP contribution in [0.1, 0.15) is 21.5 Å². The molecule has 132 valence electrons. The van der Waals surface area contributed by atoms with Crippen molar-refractivity contribution in [3.8, 4) is 0 Å². The van der Waals surface area contributed by atoms with Crippen LogP contribution in [0.3, 0.4) is 0 Å². The average Bonchev–Trinajstić information content (AvgIpc) is 2.59. The Kier molecular flexibility index (Phi) is 5.97. The number of esters is 1. The zero-order valence-corrected chi connectivity index (χ0v) is 14.0. The summed E-state index contributed by atoms with van der Waals surface area (Å²) < 4.78 is 42.6. The molecule has 2 rings (SSSR count). The van der Waals surface area contributed by atoms with Crippen LogP contribution in [-0.4, -0.2) is 18.2 Å². The number of anilines is 1. The van der Waals surface area contributed by atoms with E-state index in [1.165, 1.54) is 13.2 Å². The molecule has 0 amide bonds. The van der Waals surface area contributed by atoms with Crippen molar-refractivity contribution in [1.29, 1.82) is 0 Å². The molecule has 2 aromatic rings. The second-order valence-corrected chi connectivity index (χ2v) is 5.48. The third-order valence-electron chi connectivity index (χ3n) is 3.27. The van der Waals surface area contributed by atoms with Gasteiger partial charge in [-0.3, -0.25) is 0 Å². The molecule has 0 atom stereocenters. The van der Waals surface area contributed by atoms with Crippen molar-refractivity contribution in [2.75, 3.05) is 12.4 Å². The number of ether oxygens (including phenoxy) is 1. The van der Waals surface area contributed by atoms with Gasteiger partial charge in [0.1, 0.15) is 0 Å². The predicted octanol–water partition coefficient (Wildman–Crippen LogP) is 3.98. The van der Waals surface area contributed by atoms with Crippen LogP contribution >= 0.6 is 12.2 Å². The number of halogens is 3. The molecule has 0 bridgehead atoms. The second-order valence-electron chi connectivity index (χ2n) is 5.07. The van der Waals surface area contributed by atoms with Crippen molar-refractivity contribution in [2.45, 2.75) is 12.7 Å². The molecule has 0 radical (unpaired) electrons. The van der Waals surface area contributed by atoms with Crippen LogP contribution in [0.5, 0.6) is 0 Å². The monoisotopic (exact) mass is 368 g/mol. The van der Waals surface area contributed by atoms with Gasteiger partial charge in [-0.1, -0.05) is 12.1 Å². The average molecular weight is 368 g/mol. The smallest absolute Gasteiger partial charge is 0.416 e. The zero-order chi connectivity index (χ0) is 18.4. The molecule has 0 aliphatic heterocycles. The number of hydrogen-bond donors (Lipinski definition) is 2. The maximum Gasteiger partial charge on any atom is 0.416 e. The summed E-state index contributed by atoms with van der Waals surface area (Å²) in [6.45, 7) is 0.149. The first-order chi connectivity index (χ1) is 11.8. The molecular formula is C17H15F3N2O2S. The quantitative estimate of drug-likeness (QED) is 0.632. The summed E-state index contributed by atoms with van der Waals surface area (Å²) in [5.41, 5.74) is 0.786. The normalized spacial score (nSPS) is 10.9. The minimum atomic E-state index is -4.38. The largest absolute Gasteiger partial charge is 0.465 e. The first kappa shape index (κ1) is 18.7. The summed E-state index contributed by atoms with van der Waals surface area (Å²) in [6.07, 6.45) is -4.38. The van der Waals surface area contributed by atoms with Gasteiger partial charge in [-0.15, -0.1) is 0 Å². The van der Waals surface area contributed by atoms with E-state index in [4.69, 9.17) is 12.2 Å². The highest BCUT2D eigenvalue weighted by Crippen LogP contribution is 2.29. The van der Waals surface area contributed by atoms with Gasteiger partial charge in [0, 0.05) is 12.2 Å². The van der Waals surface area contributed by atoms with Gasteiger partial charge in [0.25, 0.3) is 0 Å². The molecule has 0 aromatic heterocycles. The molecule has 0 unspecified atom stereocenters. The maximum absolute atomic E-state index is 12.7. The van der Waals surface area contributed by atoms with E-state index in [9.17, 15) is 18.0 Å². The van der Waals surface area contributed by atoms with Crippen LogP contribution in [0.4, 0.5) is 18.9 Å². The molecule has 0 saturated carbocycles. The van der Waals surface area contributed by atoms with Gasteiger partial charge in [0.05, 0.1) is 18.2 Å². The minimum absolute atomic E-state index is 0.149. The summed E-state index contributed by atoms with van der Waals surface area (Å²) in [5, 5.41) is 5.98. The van der Waals surface area contributed by atoms with Gasteiger partial charge in [0.2, 0.25) is 0 Å². The van der Waals surface area contributed by atoms with Gasteiger partial charge in [-0.25, -0.2) is 4.79 Å². The van der Waals surface area contributed by atoms with Gasteiger partial charge in [0.15, 0.2) is 5.11 Å². The zero-order valence-electron chi connectivity index (χ0n) is 13.2. The number of rotatable bonds is 4. The Morgan fingerprint density at radius 1 is 1.16 bits per heavy atom. The fourth-order valence-electron chi connectivity index (χ4n) is 2.02. The molecule has 8 heteroatoms. The van der Waals surface area contributed by atoms with E-state index in [1.807, 2.05) is 0 Å². The molecule has 0 aliphatic carbocycles. The third-order valence-corrected chi connectivity index (χ3v) is 3.52. The standard InChI is InChI=1S/C17H15F3N2O2S/c1-24-15(23)12-5-7-14(8-6-12)22-16(25)21-10-11-3-2-4-13(9-11)17(18,19)20/h2-9H,10H2,1H3,(H2,21,22,25). The molecule has 0 spiro atoms. The summed E-state index contributed by atoms with van der Waals surface area (Å²) in [4.78, 5) is 11.3. The Morgan fingerprint density at radius 2 is 1.84 bits per heavy atom. The molecule has 2 N–H and O–H groups in total. The Bertz CT molecular complexity index is 761. The van der Waals surface area contributed by atoms with E-state index in [1.54, 1.807) is 30.3 Å². The van der Waals surface area contributed by atoms with Crippen molar-refractivity contribution in [2.24, 2.45) is 0 Å². The summed E-state index contributed by atoms with van der Waals surface area (Å²) in [5.74, 6) is -0.447. The van der Waals surface area contributed by atoms with Crippen molar-refractivity contribution in [1.82, 2.24) is 5.32 Å². The second kappa shape index (κ2) is 7.98. The number of methoxy groups -OCH3 is 1. The van der Waals surface area contributed by atoms with E-state index in [0.29, 0.717) is 16.8 Å². The number of alkyl halides is 3. The van der Waals surface area contributed by atoms with Crippen LogP contribution < -0.4 is 10.6 Å². The van der Waals surface area contributed by atoms with Crippen molar-refractivity contribution in [3.05, 3.63) is 65.2 Å². The summed E-state index contributed by atoms with van der Waals surface area (Å²) in [6, 6.07) is 11.4. The van der Waals surface area contributed by atoms with E-state index >= 15 is 0 Å². The number of nitrogens with one attached hydrogen (secondary N) is 2. The SMILES string of the molecule is COC(=O)c1ccc(NC(=S)NCc2cccc(C(F)(F)F)c2)cc1. The topological polar surface area (TPSA) is 50.4 Å². The molecule has 0 fully saturated rings. The number of hydrogen-bond acceptors (Lipinski definition) is 3. The lowest BCUT2D eigenvalue weighted by Gasteiger charge is -2.12. The highest BCUT2D eigenvalue weighted by atomic mass is 32.1. The van der Waals surface area contributed by atoms with Gasteiger partial charge >= 0.3 is 12.1 Å². The lowest BCUT2D eigenvalue weighted by atomic mass is 10.1. The Morgan fingerprint density at radius 3 is 2.44 bits per heavy atom. The molecule has 0 aliphatic rings. The fraction of sp³-hybridized carbons (Fsp3) is 0.176. The van der Waals surface area contributed by atoms with Gasteiger partial charge < -0.3 is 15.4 Å². The highest BCUT2D eigenvalue weighted by molar-refractivity contribution is 7.80. The number of benzene rings is 2. The van der Waals surface area contributed by atoms with Crippen LogP contribution in [0, 0.1) is 0 Å². The van der Waals surface area contributed by atoms with E-state index in [-0.39, 0.29) is 11.7 Å². The van der Waals surface area contributed by atoms with E-state index < -0.39 is 17.7 Å². The lowest BCUT2D eigenvalue weighted by Crippen LogP contribution is -2.28. The molecule has 0 saturated heterocycles. The fourth-order valence-corrected chi connectivity index (χ4v) is 2.21. The number of carbonyl (C=O) groups is 1. The lowest BCUT2D eigenvalue weighted by molar-refractivity contribution is -0.137. The third kappa shape index (κ3) is 5.46. The Labute approximate surface area is 148 Å². The molecular weight excluding hydrogens is 353 g/mol. The van der Waals surface area contributed by atoms with E-state index in [0.717, 1.165) is 12.1 Å². The minimum Gasteiger partial charge on any atom is -0.465 e. The molecule has 2 aromatic carbocycles. The summed E-state index contributed by atoms with van der Waals surface area (Å²) >= 11 is 5.11. The Balaban J connectivity index is 1.92. The van der Waals surface area contributed by atoms with E-state index in [2.05, 4.69) is 15.4 Å². The first-order valence-corrected chi connectivity index (χ1v) is 7.60. The Hall–Kier alpha value is -2.61. The van der Waals surface area contributed by atoms with Gasteiger partial charge in [-0.2, -0.15) is 13.2 Å².